The quantitative estimate of drug-likeness (QED) is 0.116. The van der Waals surface area contributed by atoms with Crippen LogP contribution in [0.3, 0.4) is 0 Å². The molecule has 3 heterocycles. The number of hydroxylamine groups is 1. The number of hydrogen-bond acceptors (Lipinski definition) is 14. The molecule has 1 aromatic carbocycles. The number of nitrogen functional groups attached to an aromatic ring is 1. The van der Waals surface area contributed by atoms with Gasteiger partial charge in [-0.3, -0.25) is 9.32 Å². The molecular weight excluding hydrogens is 583 g/mol. The van der Waals surface area contributed by atoms with Gasteiger partial charge in [0, 0.05) is 0 Å². The van der Waals surface area contributed by atoms with Crippen LogP contribution in [0.25, 0.3) is 5.52 Å². The zero-order chi connectivity index (χ0) is 31.2. The molecule has 1 saturated heterocycles. The summed E-state index contributed by atoms with van der Waals surface area (Å²) in [7, 11) is -4.56. The number of aromatic nitrogens is 3. The number of anilines is 1. The molecule has 1 aliphatic rings. The number of benzene rings is 1. The molecule has 16 heteroatoms. The van der Waals surface area contributed by atoms with Gasteiger partial charge < -0.3 is 29.9 Å². The molecule has 0 bridgehead atoms. The largest absolute Gasteiger partial charge is 0.547 e. The number of para-hydroxylation sites is 1. The fourth-order valence-electron chi connectivity index (χ4n) is 4.44. The van der Waals surface area contributed by atoms with Crippen LogP contribution in [0.1, 0.15) is 39.3 Å². The molecule has 15 nitrogen and oxygen atoms in total. The summed E-state index contributed by atoms with van der Waals surface area (Å²) >= 11 is 0. The lowest BCUT2D eigenvalue weighted by atomic mass is 9.92. The number of nitrogens with zero attached hydrogens (tertiary/aromatic N) is 4. The highest BCUT2D eigenvalue weighted by molar-refractivity contribution is 7.48. The highest BCUT2D eigenvalue weighted by Crippen LogP contribution is 2.50. The van der Waals surface area contributed by atoms with E-state index in [1.165, 1.54) is 42.0 Å². The molecule has 6 atom stereocenters. The number of fused-ring (bicyclic) bond motifs is 1. The van der Waals surface area contributed by atoms with Crippen LogP contribution in [-0.4, -0.2) is 68.3 Å². The zero-order valence-corrected chi connectivity index (χ0v) is 24.8. The summed E-state index contributed by atoms with van der Waals surface area (Å²) in [5.74, 6) is -0.193. The molecule has 2 aromatic heterocycles. The van der Waals surface area contributed by atoms with Gasteiger partial charge in [-0.1, -0.05) is 44.9 Å². The van der Waals surface area contributed by atoms with Gasteiger partial charge in [-0.15, -0.1) is 0 Å². The average Bonchev–Trinajstić information content (AvgIpc) is 3.56. The topological polar surface area (TPSA) is 213 Å². The summed E-state index contributed by atoms with van der Waals surface area (Å²) in [6.07, 6.45) is -1.96. The number of phosphoric acid groups is 1. The first-order valence-electron chi connectivity index (χ1n) is 13.7. The van der Waals surface area contributed by atoms with Crippen molar-refractivity contribution in [3.05, 3.63) is 54.5 Å². The predicted molar refractivity (Wildman–Crippen MR) is 151 cm³/mol. The van der Waals surface area contributed by atoms with Gasteiger partial charge in [0.1, 0.15) is 48.0 Å². The van der Waals surface area contributed by atoms with Crippen LogP contribution in [-0.2, 0) is 33.6 Å². The second-order valence-electron chi connectivity index (χ2n) is 9.99. The Morgan fingerprint density at radius 2 is 1.98 bits per heavy atom. The number of aliphatic hydroxyl groups is 2. The maximum absolute atomic E-state index is 13.7. The molecular formula is C27H35N6O9P. The molecule has 0 aliphatic carbocycles. The van der Waals surface area contributed by atoms with Crippen molar-refractivity contribution in [3.8, 4) is 11.8 Å². The van der Waals surface area contributed by atoms with Crippen molar-refractivity contribution in [1.29, 1.82) is 5.26 Å². The Kier molecular flexibility index (Phi) is 10.4. The summed E-state index contributed by atoms with van der Waals surface area (Å²) in [5.41, 5.74) is 6.57. The van der Waals surface area contributed by atoms with Crippen molar-refractivity contribution in [2.24, 2.45) is 5.92 Å². The predicted octanol–water partition coefficient (Wildman–Crippen LogP) is 2.24. The monoisotopic (exact) mass is 618 g/mol. The minimum absolute atomic E-state index is 0.0792. The van der Waals surface area contributed by atoms with Gasteiger partial charge in [0.15, 0.2) is 5.82 Å². The summed E-state index contributed by atoms with van der Waals surface area (Å²) in [6.45, 7) is 5.01. The van der Waals surface area contributed by atoms with Crippen molar-refractivity contribution in [1.82, 2.24) is 20.1 Å². The number of hydrogen-bond donors (Lipinski definition) is 4. The fraction of sp³-hybridized carbons (Fsp3) is 0.481. The number of aliphatic hydroxyl groups excluding tert-OH is 2. The number of carbonyl (C=O) groups excluding carboxylic acids is 1. The van der Waals surface area contributed by atoms with E-state index in [0.29, 0.717) is 5.52 Å². The van der Waals surface area contributed by atoms with Crippen LogP contribution in [0.2, 0.25) is 0 Å². The molecule has 5 N–H and O–H groups in total. The number of nitriles is 1. The Morgan fingerprint density at radius 3 is 2.65 bits per heavy atom. The molecule has 3 aromatic rings. The lowest BCUT2D eigenvalue weighted by Gasteiger charge is -2.24. The summed E-state index contributed by atoms with van der Waals surface area (Å²) in [5, 5.41) is 36.0. The molecule has 0 spiro atoms. The van der Waals surface area contributed by atoms with Crippen LogP contribution in [0.4, 0.5) is 5.82 Å². The van der Waals surface area contributed by atoms with E-state index in [9.17, 15) is 24.8 Å². The van der Waals surface area contributed by atoms with E-state index >= 15 is 0 Å². The van der Waals surface area contributed by atoms with Crippen molar-refractivity contribution in [2.75, 3.05) is 18.9 Å². The second kappa shape index (κ2) is 13.8. The maximum atomic E-state index is 13.7. The third kappa shape index (κ3) is 6.97. The van der Waals surface area contributed by atoms with Gasteiger partial charge in [-0.25, -0.2) is 14.1 Å². The fourth-order valence-corrected chi connectivity index (χ4v) is 5.58. The molecule has 0 saturated carbocycles. The molecule has 43 heavy (non-hydrogen) atoms. The summed E-state index contributed by atoms with van der Waals surface area (Å²) in [4.78, 5) is 16.4. The van der Waals surface area contributed by atoms with Crippen molar-refractivity contribution in [2.45, 2.75) is 63.6 Å². The van der Waals surface area contributed by atoms with E-state index in [2.05, 4.69) is 15.6 Å². The number of phosphoric ester groups is 1. The molecule has 4 rings (SSSR count). The Bertz CT molecular complexity index is 1480. The lowest BCUT2D eigenvalue weighted by molar-refractivity contribution is -0.149. The molecule has 0 radical (unpaired) electrons. The van der Waals surface area contributed by atoms with Crippen molar-refractivity contribution in [3.63, 3.8) is 0 Å². The van der Waals surface area contributed by atoms with E-state index in [1.807, 2.05) is 19.9 Å². The summed E-state index contributed by atoms with van der Waals surface area (Å²) in [6, 6.07) is 11.8. The molecule has 0 unspecified atom stereocenters. The van der Waals surface area contributed by atoms with Crippen LogP contribution in [0, 0.1) is 17.2 Å². The van der Waals surface area contributed by atoms with Crippen LogP contribution in [0.5, 0.6) is 5.75 Å². The number of rotatable bonds is 14. The molecule has 232 valence electrons. The van der Waals surface area contributed by atoms with Gasteiger partial charge >= 0.3 is 13.8 Å². The number of nitrogens with one attached hydrogen (secondary N) is 1. The SMILES string of the molecule is CCC(CC)COC(=O)[C@H](C)NO[P@@](=O)(OC[C@H]1O[C@@](C#N)(c2ccc3c(N)ncnn23)[C@H](O)[C@@H]1O)Oc1ccccc1. The van der Waals surface area contributed by atoms with Gasteiger partial charge in [0.2, 0.25) is 5.60 Å². The first kappa shape index (κ1) is 32.3. The standard InChI is InChI=1S/C27H35N6O9P/c1-4-18(5-2)13-38-26(36)17(3)32-42-43(37,41-19-9-7-6-8-10-19)39-14-21-23(34)24(35)27(15-28,40-21)22-12-11-20-25(29)30-16-31-33(20)22/h6-12,16-18,21,23-24,32,34-35H,4-5,13-14H2,1-3H3,(H2,29,30,31)/t17-,21+,23+,24+,27-,43-/m0/s1. The van der Waals surface area contributed by atoms with Gasteiger partial charge in [-0.2, -0.15) is 20.5 Å². The zero-order valence-electron chi connectivity index (χ0n) is 23.9. The second-order valence-corrected chi connectivity index (χ2v) is 11.5. The van der Waals surface area contributed by atoms with E-state index < -0.39 is 50.4 Å². The first-order valence-corrected chi connectivity index (χ1v) is 15.2. The smallest absolute Gasteiger partial charge is 0.464 e. The Morgan fingerprint density at radius 1 is 1.26 bits per heavy atom. The molecule has 1 aliphatic heterocycles. The van der Waals surface area contributed by atoms with Crippen LogP contribution in [0.15, 0.2) is 48.8 Å². The van der Waals surface area contributed by atoms with Crippen molar-refractivity contribution >= 4 is 25.1 Å². The van der Waals surface area contributed by atoms with E-state index in [1.54, 1.807) is 18.2 Å². The van der Waals surface area contributed by atoms with E-state index in [4.69, 9.17) is 28.9 Å². The third-order valence-electron chi connectivity index (χ3n) is 7.15. The van der Waals surface area contributed by atoms with Gasteiger partial charge in [-0.05, 0) is 37.1 Å². The molecule has 1 fully saturated rings. The number of ether oxygens (including phenoxy) is 2. The first-order chi connectivity index (χ1) is 20.6. The number of carbonyl (C=O) groups is 1. The highest BCUT2D eigenvalue weighted by atomic mass is 31.2. The minimum atomic E-state index is -4.56. The lowest BCUT2D eigenvalue weighted by Crippen LogP contribution is -2.41. The third-order valence-corrected chi connectivity index (χ3v) is 8.38. The minimum Gasteiger partial charge on any atom is -0.464 e. The van der Waals surface area contributed by atoms with E-state index in [0.717, 1.165) is 12.8 Å². The normalized spacial score (nSPS) is 24.0. The van der Waals surface area contributed by atoms with E-state index in [-0.39, 0.29) is 29.8 Å². The Labute approximate surface area is 248 Å². The van der Waals surface area contributed by atoms with Crippen molar-refractivity contribution < 1.29 is 42.7 Å². The Balaban J connectivity index is 1.49. The summed E-state index contributed by atoms with van der Waals surface area (Å²) < 4.78 is 42.4. The van der Waals surface area contributed by atoms with Crippen LogP contribution >= 0.6 is 7.82 Å². The highest BCUT2D eigenvalue weighted by Gasteiger charge is 2.58. The van der Waals surface area contributed by atoms with Crippen LogP contribution < -0.4 is 15.7 Å². The molecule has 0 amide bonds. The Hall–Kier alpha value is -3.61. The number of nitrogens with two attached hydrogens (primary N) is 1. The van der Waals surface area contributed by atoms with Gasteiger partial charge in [0.25, 0.3) is 0 Å². The maximum Gasteiger partial charge on any atom is 0.547 e. The average molecular weight is 619 g/mol. The van der Waals surface area contributed by atoms with Gasteiger partial charge in [0.05, 0.1) is 18.9 Å². The number of esters is 1.